The zero-order chi connectivity index (χ0) is 27.1. The van der Waals surface area contributed by atoms with E-state index in [-0.39, 0.29) is 11.8 Å². The fraction of sp³-hybridized carbons (Fsp3) is 0.429. The van der Waals surface area contributed by atoms with Crippen molar-refractivity contribution in [2.75, 3.05) is 57.5 Å². The van der Waals surface area contributed by atoms with E-state index < -0.39 is 35.9 Å². The van der Waals surface area contributed by atoms with Crippen LogP contribution in [-0.2, 0) is 14.4 Å². The van der Waals surface area contributed by atoms with E-state index in [2.05, 4.69) is 10.6 Å². The van der Waals surface area contributed by atoms with Gasteiger partial charge in [0.1, 0.15) is 6.04 Å². The first-order chi connectivity index (χ1) is 18.2. The summed E-state index contributed by atoms with van der Waals surface area (Å²) in [5, 5.41) is 6.15. The smallest absolute Gasteiger partial charge is 0.323 e. The molecule has 2 aromatic rings. The van der Waals surface area contributed by atoms with Crippen LogP contribution in [0.1, 0.15) is 17.2 Å². The highest BCUT2D eigenvalue weighted by Crippen LogP contribution is 2.50. The van der Waals surface area contributed by atoms with Crippen molar-refractivity contribution in [3.05, 3.63) is 59.7 Å². The molecular weight excluding hydrogens is 484 g/mol. The molecule has 2 aromatic carbocycles. The number of nitrogens with zero attached hydrogens (tertiary/aromatic N) is 4. The van der Waals surface area contributed by atoms with Crippen LogP contribution in [0.5, 0.6) is 0 Å². The van der Waals surface area contributed by atoms with Crippen molar-refractivity contribution >= 4 is 35.1 Å². The van der Waals surface area contributed by atoms with Crippen LogP contribution in [0.2, 0.25) is 0 Å². The van der Waals surface area contributed by atoms with Gasteiger partial charge in [0, 0.05) is 58.7 Å². The number of imide groups is 1. The van der Waals surface area contributed by atoms with Gasteiger partial charge in [-0.1, -0.05) is 29.8 Å². The van der Waals surface area contributed by atoms with Crippen LogP contribution in [0.15, 0.2) is 48.5 Å². The highest BCUT2D eigenvalue weighted by molar-refractivity contribution is 6.10. The van der Waals surface area contributed by atoms with Crippen LogP contribution in [0.3, 0.4) is 0 Å². The number of urea groups is 1. The Balaban J connectivity index is 1.60. The number of fused-ring (bicyclic) bond motifs is 1. The molecule has 5 rings (SSSR count). The number of carbonyl (C=O) groups is 4. The Morgan fingerprint density at radius 3 is 2.13 bits per heavy atom. The average molecular weight is 519 g/mol. The summed E-state index contributed by atoms with van der Waals surface area (Å²) in [5.74, 6) is -2.89. The van der Waals surface area contributed by atoms with Crippen LogP contribution in [0, 0.1) is 18.8 Å². The fourth-order valence-corrected chi connectivity index (χ4v) is 5.81. The zero-order valence-electron chi connectivity index (χ0n) is 22.2. The lowest BCUT2D eigenvalue weighted by molar-refractivity contribution is -0.144. The van der Waals surface area contributed by atoms with Gasteiger partial charge in [0.05, 0.1) is 17.9 Å². The van der Waals surface area contributed by atoms with Gasteiger partial charge < -0.3 is 25.3 Å². The second kappa shape index (κ2) is 10.1. The van der Waals surface area contributed by atoms with Crippen LogP contribution in [0.4, 0.5) is 16.2 Å². The molecule has 0 saturated carbocycles. The van der Waals surface area contributed by atoms with Crippen molar-refractivity contribution in [3.8, 4) is 0 Å². The molecule has 3 fully saturated rings. The molecule has 0 aliphatic carbocycles. The maximum atomic E-state index is 14.0. The molecule has 0 aromatic heterocycles. The van der Waals surface area contributed by atoms with Crippen LogP contribution >= 0.6 is 0 Å². The van der Waals surface area contributed by atoms with Crippen molar-refractivity contribution in [2.45, 2.75) is 19.0 Å². The van der Waals surface area contributed by atoms with E-state index in [9.17, 15) is 19.2 Å². The quantitative estimate of drug-likeness (QED) is 0.597. The minimum atomic E-state index is -1.09. The minimum absolute atomic E-state index is 0.301. The summed E-state index contributed by atoms with van der Waals surface area (Å²) in [7, 11) is 5.31. The molecular formula is C28H34N6O4. The molecule has 3 saturated heterocycles. The second-order valence-corrected chi connectivity index (χ2v) is 10.4. The van der Waals surface area contributed by atoms with Gasteiger partial charge in [-0.2, -0.15) is 0 Å². The van der Waals surface area contributed by atoms with Gasteiger partial charge in [0.2, 0.25) is 17.7 Å². The molecule has 4 atom stereocenters. The molecule has 3 aliphatic heterocycles. The van der Waals surface area contributed by atoms with E-state index in [0.717, 1.165) is 16.2 Å². The lowest BCUT2D eigenvalue weighted by atomic mass is 9.86. The van der Waals surface area contributed by atoms with Gasteiger partial charge >= 0.3 is 6.03 Å². The van der Waals surface area contributed by atoms with Gasteiger partial charge in [0.25, 0.3) is 0 Å². The summed E-state index contributed by atoms with van der Waals surface area (Å²) in [6, 6.07) is 12.5. The summed E-state index contributed by atoms with van der Waals surface area (Å²) >= 11 is 0. The van der Waals surface area contributed by atoms with E-state index in [4.69, 9.17) is 0 Å². The summed E-state index contributed by atoms with van der Waals surface area (Å²) in [4.78, 5) is 61.1. The van der Waals surface area contributed by atoms with Crippen LogP contribution in [0.25, 0.3) is 0 Å². The molecule has 0 bridgehead atoms. The standard InChI is InChI=1S/C28H34N6O4/c1-17-5-9-19(10-6-17)30-28(38)34-23(18-7-11-20(12-8-18)31(2)3)21-22(26(36)32(4)25(21)35)24(34)27(37)33-15-13-29-14-16-33/h5-12,21-24,29H,13-16H2,1-4H3,(H,30,38). The second-order valence-electron chi connectivity index (χ2n) is 10.4. The average Bonchev–Trinajstić information content (AvgIpc) is 3.38. The lowest BCUT2D eigenvalue weighted by Gasteiger charge is -2.36. The van der Waals surface area contributed by atoms with E-state index >= 15 is 0 Å². The number of carbonyl (C=O) groups excluding carboxylic acids is 4. The van der Waals surface area contributed by atoms with E-state index in [1.165, 1.54) is 11.9 Å². The molecule has 4 unspecified atom stereocenters. The number of piperazine rings is 1. The third-order valence-electron chi connectivity index (χ3n) is 7.87. The number of likely N-dealkylation sites (tertiary alicyclic amines) is 2. The maximum Gasteiger partial charge on any atom is 0.323 e. The Bertz CT molecular complexity index is 1240. The summed E-state index contributed by atoms with van der Waals surface area (Å²) in [6.07, 6.45) is 0. The van der Waals surface area contributed by atoms with Gasteiger partial charge in [-0.05, 0) is 36.8 Å². The van der Waals surface area contributed by atoms with Crippen molar-refractivity contribution in [1.29, 1.82) is 0 Å². The topological polar surface area (TPSA) is 105 Å². The predicted octanol–water partition coefficient (Wildman–Crippen LogP) is 1.68. The van der Waals surface area contributed by atoms with Gasteiger partial charge in [-0.25, -0.2) is 4.79 Å². The molecule has 38 heavy (non-hydrogen) atoms. The molecule has 0 spiro atoms. The first-order valence-corrected chi connectivity index (χ1v) is 12.9. The van der Waals surface area contributed by atoms with Crippen molar-refractivity contribution in [3.63, 3.8) is 0 Å². The number of hydrogen-bond acceptors (Lipinski definition) is 6. The number of anilines is 2. The molecule has 0 radical (unpaired) electrons. The summed E-state index contributed by atoms with van der Waals surface area (Å²) in [5.41, 5.74) is 3.28. The number of rotatable bonds is 4. The molecule has 10 nitrogen and oxygen atoms in total. The largest absolute Gasteiger partial charge is 0.378 e. The number of amides is 5. The van der Waals surface area contributed by atoms with Gasteiger partial charge in [-0.15, -0.1) is 0 Å². The van der Waals surface area contributed by atoms with Gasteiger partial charge in [0.15, 0.2) is 0 Å². The number of hydrogen-bond donors (Lipinski definition) is 2. The molecule has 3 heterocycles. The van der Waals surface area contributed by atoms with Crippen LogP contribution in [-0.4, -0.2) is 91.8 Å². The SMILES string of the molecule is Cc1ccc(NC(=O)N2C(C(=O)N3CCNCC3)C3C(=O)N(C)C(=O)C3C2c2ccc(N(C)C)cc2)cc1. The number of benzene rings is 2. The zero-order valence-corrected chi connectivity index (χ0v) is 22.2. The fourth-order valence-electron chi connectivity index (χ4n) is 5.81. The maximum absolute atomic E-state index is 14.0. The Morgan fingerprint density at radius 2 is 1.53 bits per heavy atom. The Kier molecular flexibility index (Phi) is 6.83. The van der Waals surface area contributed by atoms with Crippen LogP contribution < -0.4 is 15.5 Å². The predicted molar refractivity (Wildman–Crippen MR) is 144 cm³/mol. The van der Waals surface area contributed by atoms with Gasteiger partial charge in [-0.3, -0.25) is 19.3 Å². The van der Waals surface area contributed by atoms with E-state index in [0.29, 0.717) is 37.4 Å². The number of nitrogens with one attached hydrogen (secondary N) is 2. The van der Waals surface area contributed by atoms with Crippen molar-refractivity contribution < 1.29 is 19.2 Å². The third kappa shape index (κ3) is 4.38. The van der Waals surface area contributed by atoms with E-state index in [1.807, 2.05) is 62.3 Å². The van der Waals surface area contributed by atoms with Crippen molar-refractivity contribution in [1.82, 2.24) is 20.0 Å². The Hall–Kier alpha value is -3.92. The molecule has 10 heteroatoms. The molecule has 200 valence electrons. The minimum Gasteiger partial charge on any atom is -0.378 e. The normalized spacial score (nSPS) is 25.0. The molecule has 3 aliphatic rings. The number of aryl methyl sites for hydroxylation is 1. The van der Waals surface area contributed by atoms with Crippen molar-refractivity contribution in [2.24, 2.45) is 11.8 Å². The molecule has 2 N–H and O–H groups in total. The van der Waals surface area contributed by atoms with E-state index in [1.54, 1.807) is 17.0 Å². The Labute approximate surface area is 222 Å². The highest BCUT2D eigenvalue weighted by Gasteiger charge is 2.65. The third-order valence-corrected chi connectivity index (χ3v) is 7.87. The Morgan fingerprint density at radius 1 is 0.921 bits per heavy atom. The summed E-state index contributed by atoms with van der Waals surface area (Å²) in [6.45, 7) is 4.16. The first kappa shape index (κ1) is 25.7. The highest BCUT2D eigenvalue weighted by atomic mass is 16.2. The summed E-state index contributed by atoms with van der Waals surface area (Å²) < 4.78 is 0. The monoisotopic (exact) mass is 518 g/mol. The molecule has 5 amide bonds. The first-order valence-electron chi connectivity index (χ1n) is 12.9. The lowest BCUT2D eigenvalue weighted by Crippen LogP contribution is -2.57.